The number of hydrogen-bond donors (Lipinski definition) is 2. The van der Waals surface area contributed by atoms with E-state index in [1.807, 2.05) is 27.0 Å². The fraction of sp³-hybridized carbons (Fsp3) is 0.826. The summed E-state index contributed by atoms with van der Waals surface area (Å²) < 4.78 is 1.64. The third kappa shape index (κ3) is 5.67. The largest absolute Gasteiger partial charge is 0.391 e. The Balaban J connectivity index is 1.74. The average Bonchev–Trinajstić information content (AvgIpc) is 3.30. The minimum atomic E-state index is -0.707. The highest BCUT2D eigenvalue weighted by Crippen LogP contribution is 2.34. The second-order valence-electron chi connectivity index (χ2n) is 11.3. The summed E-state index contributed by atoms with van der Waals surface area (Å²) in [7, 11) is 1.55. The van der Waals surface area contributed by atoms with Crippen molar-refractivity contribution in [3.63, 3.8) is 0 Å². The van der Waals surface area contributed by atoms with Gasteiger partial charge in [0.25, 0.3) is 0 Å². The van der Waals surface area contributed by atoms with Gasteiger partial charge in [0.05, 0.1) is 11.8 Å². The quantitative estimate of drug-likeness (QED) is 0.679. The minimum absolute atomic E-state index is 0.149. The average molecular weight is 449 g/mol. The van der Waals surface area contributed by atoms with Gasteiger partial charge in [-0.1, -0.05) is 39.8 Å². The molecule has 1 aromatic heterocycles. The van der Waals surface area contributed by atoms with Gasteiger partial charge in [-0.05, 0) is 30.2 Å². The van der Waals surface area contributed by atoms with Crippen LogP contribution >= 0.6 is 0 Å². The first-order chi connectivity index (χ1) is 14.9. The molecule has 0 aromatic carbocycles. The van der Waals surface area contributed by atoms with E-state index in [2.05, 4.69) is 34.4 Å². The number of nitrogens with one attached hydrogen (secondary N) is 1. The number of hydrogen-bond acceptors (Lipinski definition) is 6. The van der Waals surface area contributed by atoms with Crippen LogP contribution in [0, 0.1) is 10.8 Å². The molecule has 0 saturated carbocycles. The number of aromatic nitrogens is 3. The molecule has 2 aliphatic rings. The van der Waals surface area contributed by atoms with Gasteiger partial charge in [0.15, 0.2) is 0 Å². The van der Waals surface area contributed by atoms with Crippen molar-refractivity contribution in [2.75, 3.05) is 33.2 Å². The summed E-state index contributed by atoms with van der Waals surface area (Å²) in [6.07, 6.45) is 4.67. The molecule has 0 aliphatic carbocycles. The number of aliphatic hydroxyl groups is 1. The van der Waals surface area contributed by atoms with E-state index in [0.29, 0.717) is 5.41 Å². The number of likely N-dealkylation sites (tertiary alicyclic amines) is 2. The van der Waals surface area contributed by atoms with Gasteiger partial charge in [-0.3, -0.25) is 9.59 Å². The van der Waals surface area contributed by atoms with Crippen LogP contribution in [0.5, 0.6) is 0 Å². The molecule has 2 fully saturated rings. The highest BCUT2D eigenvalue weighted by atomic mass is 16.3. The normalized spacial score (nSPS) is 25.0. The molecule has 1 aromatic rings. The molecule has 2 saturated heterocycles. The van der Waals surface area contributed by atoms with E-state index in [0.717, 1.165) is 31.7 Å². The molecule has 3 atom stereocenters. The van der Waals surface area contributed by atoms with E-state index in [1.54, 1.807) is 11.7 Å². The van der Waals surface area contributed by atoms with E-state index < -0.39 is 23.6 Å². The lowest BCUT2D eigenvalue weighted by Crippen LogP contribution is -2.49. The lowest BCUT2D eigenvalue weighted by atomic mass is 9.84. The van der Waals surface area contributed by atoms with E-state index in [4.69, 9.17) is 0 Å². The van der Waals surface area contributed by atoms with Crippen LogP contribution in [0.15, 0.2) is 6.20 Å². The predicted molar refractivity (Wildman–Crippen MR) is 122 cm³/mol. The summed E-state index contributed by atoms with van der Waals surface area (Å²) in [4.78, 5) is 29.9. The van der Waals surface area contributed by atoms with Crippen LogP contribution in [0.1, 0.15) is 65.6 Å². The smallest absolute Gasteiger partial charge is 0.248 e. The highest BCUT2D eigenvalue weighted by molar-refractivity contribution is 5.90. The Morgan fingerprint density at radius 2 is 2.06 bits per heavy atom. The third-order valence-electron chi connectivity index (χ3n) is 6.65. The molecule has 0 unspecified atom stereocenters. The number of amides is 2. The van der Waals surface area contributed by atoms with Crippen molar-refractivity contribution in [1.29, 1.82) is 0 Å². The number of carbonyl (C=O) groups is 2. The molecule has 2 N–H and O–H groups in total. The Labute approximate surface area is 191 Å². The molecule has 2 aliphatic heterocycles. The zero-order valence-corrected chi connectivity index (χ0v) is 20.5. The number of nitrogens with zero attached hydrogens (tertiary/aromatic N) is 5. The Morgan fingerprint density at radius 1 is 1.34 bits per heavy atom. The van der Waals surface area contributed by atoms with Gasteiger partial charge in [0.2, 0.25) is 11.8 Å². The van der Waals surface area contributed by atoms with Crippen molar-refractivity contribution in [3.8, 4) is 0 Å². The third-order valence-corrected chi connectivity index (χ3v) is 6.65. The zero-order chi connectivity index (χ0) is 23.7. The summed E-state index contributed by atoms with van der Waals surface area (Å²) in [5.41, 5.74) is 0.765. The Kier molecular flexibility index (Phi) is 7.29. The van der Waals surface area contributed by atoms with Crippen molar-refractivity contribution < 1.29 is 14.7 Å². The highest BCUT2D eigenvalue weighted by Gasteiger charge is 2.45. The topological polar surface area (TPSA) is 104 Å². The summed E-state index contributed by atoms with van der Waals surface area (Å²) in [5.74, 6) is -0.469. The van der Waals surface area contributed by atoms with Crippen LogP contribution in [0.3, 0.4) is 0 Å². The van der Waals surface area contributed by atoms with E-state index >= 15 is 0 Å². The first kappa shape index (κ1) is 24.6. The number of piperidine rings is 1. The maximum absolute atomic E-state index is 13.6. The van der Waals surface area contributed by atoms with Crippen LogP contribution in [-0.4, -0.2) is 87.1 Å². The van der Waals surface area contributed by atoms with Crippen molar-refractivity contribution >= 4 is 11.8 Å². The summed E-state index contributed by atoms with van der Waals surface area (Å²) >= 11 is 0. The van der Waals surface area contributed by atoms with E-state index in [1.165, 1.54) is 17.7 Å². The molecule has 0 bridgehead atoms. The zero-order valence-electron chi connectivity index (χ0n) is 20.5. The first-order valence-corrected chi connectivity index (χ1v) is 11.7. The maximum Gasteiger partial charge on any atom is 0.248 e. The second-order valence-corrected chi connectivity index (χ2v) is 11.3. The van der Waals surface area contributed by atoms with Crippen LogP contribution in [0.4, 0.5) is 0 Å². The fourth-order valence-corrected chi connectivity index (χ4v) is 5.07. The van der Waals surface area contributed by atoms with E-state index in [-0.39, 0.29) is 24.8 Å². The number of β-amino-alcohol motifs (C(OH)–C–C–N with tert-alkyl or cyclic N) is 1. The Morgan fingerprint density at radius 3 is 2.69 bits per heavy atom. The van der Waals surface area contributed by atoms with Gasteiger partial charge in [0, 0.05) is 45.7 Å². The minimum Gasteiger partial charge on any atom is -0.391 e. The SMILES string of the molecule is CNC(=O)[C@@H]1C[C@@H](O)CN1C(=O)[C@@H](n1cc(CCN2CCCC(C)(C)C2)nn1)C(C)(C)C. The predicted octanol–water partition coefficient (Wildman–Crippen LogP) is 1.24. The van der Waals surface area contributed by atoms with Crippen molar-refractivity contribution in [2.24, 2.45) is 10.8 Å². The lowest BCUT2D eigenvalue weighted by Gasteiger charge is -2.37. The van der Waals surface area contributed by atoms with Gasteiger partial charge >= 0.3 is 0 Å². The molecule has 2 amide bonds. The Hall–Kier alpha value is -2.00. The first-order valence-electron chi connectivity index (χ1n) is 11.7. The molecule has 0 radical (unpaired) electrons. The molecular weight excluding hydrogens is 408 g/mol. The van der Waals surface area contributed by atoms with Gasteiger partial charge in [0.1, 0.15) is 12.1 Å². The number of likely N-dealkylation sites (N-methyl/N-ethyl adjacent to an activating group) is 1. The van der Waals surface area contributed by atoms with Crippen molar-refractivity contribution in [3.05, 3.63) is 11.9 Å². The monoisotopic (exact) mass is 448 g/mol. The van der Waals surface area contributed by atoms with Gasteiger partial charge in [-0.25, -0.2) is 4.68 Å². The number of carbonyl (C=O) groups excluding carboxylic acids is 2. The molecule has 180 valence electrons. The molecule has 3 rings (SSSR count). The van der Waals surface area contributed by atoms with Crippen LogP contribution in [0.2, 0.25) is 0 Å². The maximum atomic E-state index is 13.6. The molecular formula is C23H40N6O3. The van der Waals surface area contributed by atoms with Gasteiger partial charge in [-0.2, -0.15) is 0 Å². The molecule has 9 nitrogen and oxygen atoms in total. The second kappa shape index (κ2) is 9.47. The molecule has 3 heterocycles. The standard InChI is InChI=1S/C23H40N6O3/c1-22(2,3)19(21(32)28-14-17(30)12-18(28)20(31)24-6)29-13-16(25-26-29)8-11-27-10-7-9-23(4,5)15-27/h13,17-19,30H,7-12,14-15H2,1-6H3,(H,24,31)/t17-,18+,19-/m1/s1. The fourth-order valence-electron chi connectivity index (χ4n) is 5.07. The molecule has 0 spiro atoms. The number of aliphatic hydroxyl groups excluding tert-OH is 1. The van der Waals surface area contributed by atoms with Gasteiger partial charge in [-0.15, -0.1) is 5.10 Å². The Bertz CT molecular complexity index is 815. The summed E-state index contributed by atoms with van der Waals surface area (Å²) in [6, 6.07) is -1.28. The summed E-state index contributed by atoms with van der Waals surface area (Å²) in [5, 5.41) is 21.4. The van der Waals surface area contributed by atoms with Crippen LogP contribution in [0.25, 0.3) is 0 Å². The van der Waals surface area contributed by atoms with Gasteiger partial charge < -0.3 is 20.2 Å². The van der Waals surface area contributed by atoms with Crippen LogP contribution < -0.4 is 5.32 Å². The molecule has 32 heavy (non-hydrogen) atoms. The van der Waals surface area contributed by atoms with Crippen LogP contribution in [-0.2, 0) is 16.0 Å². The van der Waals surface area contributed by atoms with Crippen molar-refractivity contribution in [1.82, 2.24) is 30.1 Å². The van der Waals surface area contributed by atoms with Crippen molar-refractivity contribution in [2.45, 2.75) is 78.5 Å². The summed E-state index contributed by atoms with van der Waals surface area (Å²) in [6.45, 7) is 13.8. The molecule has 9 heteroatoms. The lowest BCUT2D eigenvalue weighted by molar-refractivity contribution is -0.144. The van der Waals surface area contributed by atoms with E-state index in [9.17, 15) is 14.7 Å². The number of rotatable bonds is 6.